The number of nitrogens with zero attached hydrogens (tertiary/aromatic N) is 2. The molecular weight excluding hydrogens is 187 g/mol. The van der Waals surface area contributed by atoms with Crippen molar-refractivity contribution >= 4 is 11.6 Å². The van der Waals surface area contributed by atoms with Gasteiger partial charge in [0.05, 0.1) is 6.20 Å². The van der Waals surface area contributed by atoms with Crippen LogP contribution >= 0.6 is 0 Å². The van der Waals surface area contributed by atoms with Gasteiger partial charge in [-0.2, -0.15) is 0 Å². The molecule has 0 aliphatic carbocycles. The number of hydrogen-bond donors (Lipinski definition) is 2. The Morgan fingerprint density at radius 2 is 2.43 bits per heavy atom. The molecule has 0 unspecified atom stereocenters. The maximum atomic E-state index is 12.8. The minimum Gasteiger partial charge on any atom is -0.295 e. The fraction of sp³-hybridized carbons (Fsp3) is 0. The van der Waals surface area contributed by atoms with Gasteiger partial charge in [-0.15, -0.1) is 0 Å². The summed E-state index contributed by atoms with van der Waals surface area (Å²) in [7, 11) is 0. The summed E-state index contributed by atoms with van der Waals surface area (Å²) in [6.07, 6.45) is 2.75. The zero-order valence-electron chi connectivity index (χ0n) is 7.07. The molecule has 0 saturated heterocycles. The SMILES string of the molecule is NNC(=O)c1cnc2cc(F)ccn12. The van der Waals surface area contributed by atoms with Gasteiger partial charge in [0.1, 0.15) is 17.2 Å². The van der Waals surface area contributed by atoms with E-state index in [0.717, 1.165) is 0 Å². The number of pyridine rings is 1. The minimum atomic E-state index is -0.468. The van der Waals surface area contributed by atoms with Gasteiger partial charge in [-0.25, -0.2) is 15.2 Å². The standard InChI is InChI=1S/C8H7FN4O/c9-5-1-2-13-6(8(14)12-10)4-11-7(13)3-5/h1-4H,10H2,(H,12,14). The summed E-state index contributed by atoms with van der Waals surface area (Å²) in [6, 6.07) is 2.47. The minimum absolute atomic E-state index is 0.266. The largest absolute Gasteiger partial charge is 0.295 e. The van der Waals surface area contributed by atoms with Gasteiger partial charge in [-0.05, 0) is 6.07 Å². The van der Waals surface area contributed by atoms with Gasteiger partial charge in [0.25, 0.3) is 5.91 Å². The lowest BCUT2D eigenvalue weighted by molar-refractivity contribution is 0.0948. The van der Waals surface area contributed by atoms with E-state index in [1.165, 1.54) is 28.9 Å². The van der Waals surface area contributed by atoms with Crippen LogP contribution in [0.2, 0.25) is 0 Å². The van der Waals surface area contributed by atoms with Gasteiger partial charge in [0.15, 0.2) is 0 Å². The molecule has 72 valence electrons. The molecule has 2 heterocycles. The highest BCUT2D eigenvalue weighted by Crippen LogP contribution is 2.07. The van der Waals surface area contributed by atoms with E-state index >= 15 is 0 Å². The molecule has 0 aromatic carbocycles. The van der Waals surface area contributed by atoms with E-state index < -0.39 is 11.7 Å². The number of carbonyl (C=O) groups is 1. The number of hydrogen-bond acceptors (Lipinski definition) is 3. The van der Waals surface area contributed by atoms with Gasteiger partial charge >= 0.3 is 0 Å². The Kier molecular flexibility index (Phi) is 1.90. The molecule has 0 atom stereocenters. The molecule has 0 spiro atoms. The molecule has 2 aromatic heterocycles. The average Bonchev–Trinajstić information content (AvgIpc) is 2.59. The van der Waals surface area contributed by atoms with Crippen LogP contribution < -0.4 is 11.3 Å². The predicted octanol–water partition coefficient (Wildman–Crippen LogP) is 0.0769. The molecule has 14 heavy (non-hydrogen) atoms. The first-order chi connectivity index (χ1) is 6.72. The summed E-state index contributed by atoms with van der Waals surface area (Å²) in [5.41, 5.74) is 2.61. The summed E-state index contributed by atoms with van der Waals surface area (Å²) in [5.74, 6) is 4.10. The van der Waals surface area contributed by atoms with Crippen LogP contribution in [0.3, 0.4) is 0 Å². The highest BCUT2D eigenvalue weighted by molar-refractivity contribution is 5.92. The van der Waals surface area contributed by atoms with E-state index in [9.17, 15) is 9.18 Å². The van der Waals surface area contributed by atoms with Crippen molar-refractivity contribution in [2.75, 3.05) is 0 Å². The highest BCUT2D eigenvalue weighted by Gasteiger charge is 2.10. The third-order valence-electron chi connectivity index (χ3n) is 1.84. The van der Waals surface area contributed by atoms with Crippen molar-refractivity contribution in [1.29, 1.82) is 0 Å². The molecule has 2 rings (SSSR count). The Hall–Kier alpha value is -1.95. The smallest absolute Gasteiger partial charge is 0.283 e. The van der Waals surface area contributed by atoms with Gasteiger partial charge < -0.3 is 0 Å². The van der Waals surface area contributed by atoms with Crippen molar-refractivity contribution in [2.45, 2.75) is 0 Å². The van der Waals surface area contributed by atoms with Crippen molar-refractivity contribution in [2.24, 2.45) is 5.84 Å². The van der Waals surface area contributed by atoms with E-state index in [4.69, 9.17) is 5.84 Å². The Balaban J connectivity index is 2.64. The van der Waals surface area contributed by atoms with Crippen molar-refractivity contribution < 1.29 is 9.18 Å². The maximum absolute atomic E-state index is 12.8. The van der Waals surface area contributed by atoms with Crippen LogP contribution in [-0.4, -0.2) is 15.3 Å². The predicted molar refractivity (Wildman–Crippen MR) is 46.8 cm³/mol. The van der Waals surface area contributed by atoms with Gasteiger partial charge in [-0.1, -0.05) is 0 Å². The Morgan fingerprint density at radius 1 is 1.64 bits per heavy atom. The van der Waals surface area contributed by atoms with Crippen LogP contribution in [0.1, 0.15) is 10.5 Å². The lowest BCUT2D eigenvalue weighted by Crippen LogP contribution is -2.30. The summed E-state index contributed by atoms with van der Waals surface area (Å²) < 4.78 is 14.2. The fourth-order valence-electron chi connectivity index (χ4n) is 1.20. The Labute approximate surface area is 78.3 Å². The quantitative estimate of drug-likeness (QED) is 0.383. The molecule has 6 heteroatoms. The van der Waals surface area contributed by atoms with E-state index in [-0.39, 0.29) is 5.69 Å². The molecule has 2 aromatic rings. The maximum Gasteiger partial charge on any atom is 0.283 e. The van der Waals surface area contributed by atoms with Crippen molar-refractivity contribution in [3.63, 3.8) is 0 Å². The molecule has 0 aliphatic heterocycles. The summed E-state index contributed by atoms with van der Waals surface area (Å²) in [5, 5.41) is 0. The number of imidazole rings is 1. The van der Waals surface area contributed by atoms with Crippen molar-refractivity contribution in [3.8, 4) is 0 Å². The van der Waals surface area contributed by atoms with Crippen LogP contribution in [0.15, 0.2) is 24.5 Å². The van der Waals surface area contributed by atoms with Gasteiger partial charge in [-0.3, -0.25) is 14.6 Å². The van der Waals surface area contributed by atoms with Crippen LogP contribution in [0.5, 0.6) is 0 Å². The number of carbonyl (C=O) groups excluding carboxylic acids is 1. The van der Waals surface area contributed by atoms with Gasteiger partial charge in [0, 0.05) is 12.3 Å². The zero-order valence-corrected chi connectivity index (χ0v) is 7.07. The molecule has 0 bridgehead atoms. The second-order valence-corrected chi connectivity index (χ2v) is 2.69. The number of nitrogen functional groups attached to an aromatic ring is 1. The third kappa shape index (κ3) is 1.21. The van der Waals surface area contributed by atoms with E-state index in [2.05, 4.69) is 4.98 Å². The normalized spacial score (nSPS) is 10.4. The van der Waals surface area contributed by atoms with Crippen LogP contribution in [0.4, 0.5) is 4.39 Å². The van der Waals surface area contributed by atoms with Gasteiger partial charge in [0.2, 0.25) is 0 Å². The average molecular weight is 194 g/mol. The first kappa shape index (κ1) is 8.64. The Morgan fingerprint density at radius 3 is 3.14 bits per heavy atom. The number of amides is 1. The molecular formula is C8H7FN4O. The number of nitrogens with one attached hydrogen (secondary N) is 1. The number of halogens is 1. The lowest BCUT2D eigenvalue weighted by Gasteiger charge is -1.98. The van der Waals surface area contributed by atoms with E-state index in [1.54, 1.807) is 0 Å². The number of nitrogens with two attached hydrogens (primary N) is 1. The molecule has 5 nitrogen and oxygen atoms in total. The van der Waals surface area contributed by atoms with Crippen LogP contribution in [0, 0.1) is 5.82 Å². The molecule has 0 saturated carbocycles. The third-order valence-corrected chi connectivity index (χ3v) is 1.84. The van der Waals surface area contributed by atoms with E-state index in [1.807, 2.05) is 5.43 Å². The first-order valence-electron chi connectivity index (χ1n) is 3.86. The summed E-state index contributed by atoms with van der Waals surface area (Å²) in [4.78, 5) is 15.0. The number of fused-ring (bicyclic) bond motifs is 1. The number of hydrazine groups is 1. The second kappa shape index (κ2) is 3.08. The molecule has 0 fully saturated rings. The monoisotopic (exact) mass is 194 g/mol. The fourth-order valence-corrected chi connectivity index (χ4v) is 1.20. The topological polar surface area (TPSA) is 72.4 Å². The van der Waals surface area contributed by atoms with Crippen LogP contribution in [0.25, 0.3) is 5.65 Å². The Bertz CT molecular complexity index is 493. The lowest BCUT2D eigenvalue weighted by atomic mass is 10.4. The zero-order chi connectivity index (χ0) is 10.1. The van der Waals surface area contributed by atoms with Crippen LogP contribution in [-0.2, 0) is 0 Å². The second-order valence-electron chi connectivity index (χ2n) is 2.69. The van der Waals surface area contributed by atoms with Crippen molar-refractivity contribution in [1.82, 2.24) is 14.8 Å². The summed E-state index contributed by atoms with van der Waals surface area (Å²) >= 11 is 0. The summed E-state index contributed by atoms with van der Waals surface area (Å²) in [6.45, 7) is 0. The molecule has 3 N–H and O–H groups in total. The molecule has 0 radical (unpaired) electrons. The molecule has 0 aliphatic rings. The highest BCUT2D eigenvalue weighted by atomic mass is 19.1. The van der Waals surface area contributed by atoms with Crippen molar-refractivity contribution in [3.05, 3.63) is 36.0 Å². The first-order valence-corrected chi connectivity index (χ1v) is 3.86. The number of aromatic nitrogens is 2. The van der Waals surface area contributed by atoms with E-state index in [0.29, 0.717) is 5.65 Å². The molecule has 1 amide bonds. The number of rotatable bonds is 1.